The molecule has 0 N–H and O–H groups in total. The quantitative estimate of drug-likeness (QED) is 0.781. The molecule has 0 saturated carbocycles. The molecule has 1 heterocycles. The minimum Gasteiger partial charge on any atom is -0.497 e. The number of hydrogen-bond acceptors (Lipinski definition) is 4. The highest BCUT2D eigenvalue weighted by atomic mass is 127. The van der Waals surface area contributed by atoms with Crippen molar-refractivity contribution in [2.75, 3.05) is 20.9 Å². The van der Waals surface area contributed by atoms with Crippen molar-refractivity contribution in [3.8, 4) is 5.75 Å². The van der Waals surface area contributed by atoms with Crippen molar-refractivity contribution in [1.29, 1.82) is 0 Å². The summed E-state index contributed by atoms with van der Waals surface area (Å²) >= 11 is 0. The predicted molar refractivity (Wildman–Crippen MR) is 76.8 cm³/mol. The van der Waals surface area contributed by atoms with Crippen LogP contribution in [0.5, 0.6) is 5.75 Å². The summed E-state index contributed by atoms with van der Waals surface area (Å²) in [6.45, 7) is 1.64. The molecule has 0 fully saturated rings. The van der Waals surface area contributed by atoms with Gasteiger partial charge in [0.25, 0.3) is 0 Å². The topological polar surface area (TPSA) is 24.9 Å². The van der Waals surface area contributed by atoms with Crippen LogP contribution in [0.15, 0.2) is 36.7 Å². The molecule has 1 aliphatic heterocycles. The molecule has 2 rings (SSSR count). The summed E-state index contributed by atoms with van der Waals surface area (Å²) in [6.07, 6.45) is 3.94. The molecule has 0 spiro atoms. The van der Waals surface area contributed by atoms with Crippen LogP contribution in [0.25, 0.3) is 0 Å². The van der Waals surface area contributed by atoms with Gasteiger partial charge < -0.3 is 9.64 Å². The summed E-state index contributed by atoms with van der Waals surface area (Å²) < 4.78 is 5.12. The lowest BCUT2D eigenvalue weighted by Crippen LogP contribution is -2.24. The van der Waals surface area contributed by atoms with E-state index in [2.05, 4.69) is 17.0 Å². The van der Waals surface area contributed by atoms with Gasteiger partial charge >= 0.3 is 0 Å². The van der Waals surface area contributed by atoms with Gasteiger partial charge in [0.1, 0.15) is 12.4 Å². The zero-order valence-electron chi connectivity index (χ0n) is 10.00. The van der Waals surface area contributed by atoms with E-state index in [1.807, 2.05) is 24.5 Å². The fourth-order valence-electron chi connectivity index (χ4n) is 1.63. The van der Waals surface area contributed by atoms with Gasteiger partial charge in [0.05, 0.1) is 14.2 Å². The van der Waals surface area contributed by atoms with E-state index in [-0.39, 0.29) is 24.0 Å². The Balaban J connectivity index is 0.00000144. The second kappa shape index (κ2) is 6.70. The molecule has 0 aliphatic carbocycles. The van der Waals surface area contributed by atoms with Crippen LogP contribution < -0.4 is 4.74 Å². The Labute approximate surface area is 119 Å². The van der Waals surface area contributed by atoms with Gasteiger partial charge in [0.15, 0.2) is 0 Å². The first kappa shape index (κ1) is 14.1. The van der Waals surface area contributed by atoms with Crippen LogP contribution in [0.4, 0.5) is 0 Å². The normalized spacial score (nSPS) is 13.8. The van der Waals surface area contributed by atoms with Gasteiger partial charge in [-0.2, -0.15) is 0 Å². The Hall–Kier alpha value is -0.950. The summed E-state index contributed by atoms with van der Waals surface area (Å²) in [5.41, 5.74) is 1.25. The fourth-order valence-corrected chi connectivity index (χ4v) is 1.63. The third kappa shape index (κ3) is 3.78. The van der Waals surface area contributed by atoms with Crippen molar-refractivity contribution >= 4 is 24.0 Å². The first-order chi connectivity index (χ1) is 7.81. The van der Waals surface area contributed by atoms with Gasteiger partial charge in [-0.1, -0.05) is 12.1 Å². The lowest BCUT2D eigenvalue weighted by Gasteiger charge is -2.19. The highest BCUT2D eigenvalue weighted by molar-refractivity contribution is 14.0. The lowest BCUT2D eigenvalue weighted by molar-refractivity contribution is -0.0986. The van der Waals surface area contributed by atoms with E-state index in [1.165, 1.54) is 5.56 Å². The fraction of sp³-hybridized carbons (Fsp3) is 0.333. The van der Waals surface area contributed by atoms with Gasteiger partial charge in [-0.15, -0.1) is 24.0 Å². The van der Waals surface area contributed by atoms with Crippen molar-refractivity contribution in [1.82, 2.24) is 9.96 Å². The zero-order valence-corrected chi connectivity index (χ0v) is 12.3. The van der Waals surface area contributed by atoms with Crippen LogP contribution in [0.1, 0.15) is 5.56 Å². The molecule has 1 aliphatic rings. The van der Waals surface area contributed by atoms with E-state index in [0.29, 0.717) is 0 Å². The van der Waals surface area contributed by atoms with Crippen LogP contribution in [0.3, 0.4) is 0 Å². The largest absolute Gasteiger partial charge is 0.497 e. The number of ether oxygens (including phenoxy) is 1. The van der Waals surface area contributed by atoms with Crippen LogP contribution in [-0.2, 0) is 11.4 Å². The number of methoxy groups -OCH3 is 1. The Morgan fingerprint density at radius 3 is 2.35 bits per heavy atom. The molecule has 17 heavy (non-hydrogen) atoms. The highest BCUT2D eigenvalue weighted by Crippen LogP contribution is 2.15. The summed E-state index contributed by atoms with van der Waals surface area (Å²) in [5.74, 6) is 0.888. The SMILES string of the molecule is COc1ccc(CN2C=CN(OC)C2)cc1.I. The van der Waals surface area contributed by atoms with Crippen molar-refractivity contribution in [3.63, 3.8) is 0 Å². The molecule has 0 unspecified atom stereocenters. The van der Waals surface area contributed by atoms with Crippen molar-refractivity contribution < 1.29 is 9.57 Å². The second-order valence-corrected chi connectivity index (χ2v) is 3.63. The van der Waals surface area contributed by atoms with Crippen molar-refractivity contribution in [2.24, 2.45) is 0 Å². The van der Waals surface area contributed by atoms with Crippen LogP contribution >= 0.6 is 24.0 Å². The van der Waals surface area contributed by atoms with Gasteiger partial charge in [0, 0.05) is 18.9 Å². The number of nitrogens with zero attached hydrogens (tertiary/aromatic N) is 2. The molecule has 0 bridgehead atoms. The maximum atomic E-state index is 5.12. The maximum absolute atomic E-state index is 5.12. The third-order valence-electron chi connectivity index (χ3n) is 2.54. The summed E-state index contributed by atoms with van der Waals surface area (Å²) in [4.78, 5) is 7.27. The molecule has 94 valence electrons. The number of halogens is 1. The first-order valence-corrected chi connectivity index (χ1v) is 5.18. The number of rotatable bonds is 4. The highest BCUT2D eigenvalue weighted by Gasteiger charge is 2.11. The molecule has 0 aromatic heterocycles. The molecule has 0 saturated heterocycles. The Morgan fingerprint density at radius 1 is 1.12 bits per heavy atom. The van der Waals surface area contributed by atoms with Crippen LogP contribution in [-0.4, -0.2) is 30.9 Å². The van der Waals surface area contributed by atoms with E-state index in [1.54, 1.807) is 19.3 Å². The van der Waals surface area contributed by atoms with E-state index < -0.39 is 0 Å². The predicted octanol–water partition coefficient (Wildman–Crippen LogP) is 2.42. The van der Waals surface area contributed by atoms with Gasteiger partial charge in [-0.05, 0) is 17.7 Å². The summed E-state index contributed by atoms with van der Waals surface area (Å²) in [6, 6.07) is 8.09. The molecule has 1 aromatic carbocycles. The summed E-state index contributed by atoms with van der Waals surface area (Å²) in [7, 11) is 3.34. The molecule has 1 aromatic rings. The monoisotopic (exact) mass is 348 g/mol. The standard InChI is InChI=1S/C12H16N2O2.HI/c1-15-12-5-3-11(4-6-12)9-13-7-8-14(10-13)16-2;/h3-8H,9-10H2,1-2H3;1H. The van der Waals surface area contributed by atoms with E-state index in [9.17, 15) is 0 Å². The lowest BCUT2D eigenvalue weighted by atomic mass is 10.2. The van der Waals surface area contributed by atoms with Crippen LogP contribution in [0.2, 0.25) is 0 Å². The van der Waals surface area contributed by atoms with Gasteiger partial charge in [-0.25, -0.2) is 5.06 Å². The molecule has 0 radical (unpaired) electrons. The van der Waals surface area contributed by atoms with E-state index in [4.69, 9.17) is 9.57 Å². The molecular formula is C12H17IN2O2. The molecule has 0 amide bonds. The van der Waals surface area contributed by atoms with Gasteiger partial charge in [-0.3, -0.25) is 4.84 Å². The smallest absolute Gasteiger partial charge is 0.118 e. The van der Waals surface area contributed by atoms with Crippen LogP contribution in [0, 0.1) is 0 Å². The number of benzene rings is 1. The number of hydrogen-bond donors (Lipinski definition) is 0. The Morgan fingerprint density at radius 2 is 1.82 bits per heavy atom. The Bertz CT molecular complexity index is 367. The van der Waals surface area contributed by atoms with E-state index >= 15 is 0 Å². The van der Waals surface area contributed by atoms with Crippen molar-refractivity contribution in [3.05, 3.63) is 42.2 Å². The maximum Gasteiger partial charge on any atom is 0.118 e. The number of hydroxylamine groups is 2. The van der Waals surface area contributed by atoms with E-state index in [0.717, 1.165) is 19.0 Å². The minimum atomic E-state index is 0. The van der Waals surface area contributed by atoms with Crippen molar-refractivity contribution in [2.45, 2.75) is 6.54 Å². The summed E-state index contributed by atoms with van der Waals surface area (Å²) in [5, 5.41) is 1.78. The molecule has 5 heteroatoms. The minimum absolute atomic E-state index is 0. The third-order valence-corrected chi connectivity index (χ3v) is 2.54. The first-order valence-electron chi connectivity index (χ1n) is 5.18. The second-order valence-electron chi connectivity index (χ2n) is 3.63. The zero-order chi connectivity index (χ0) is 11.4. The Kier molecular flexibility index (Phi) is 5.57. The molecular weight excluding hydrogens is 331 g/mol. The molecule has 4 nitrogen and oxygen atoms in total. The molecule has 0 atom stereocenters. The average molecular weight is 348 g/mol. The van der Waals surface area contributed by atoms with Gasteiger partial charge in [0.2, 0.25) is 0 Å². The average Bonchev–Trinajstić information content (AvgIpc) is 2.78.